The lowest BCUT2D eigenvalue weighted by molar-refractivity contribution is 0.294. The largest absolute Gasteiger partial charge is 0.303 e. The zero-order valence-electron chi connectivity index (χ0n) is 10.8. The maximum Gasteiger partial charge on any atom is 0.00933 e. The molecule has 1 nitrogen and oxygen atoms in total. The van der Waals surface area contributed by atoms with Crippen molar-refractivity contribution < 1.29 is 0 Å². The molecule has 0 saturated heterocycles. The highest BCUT2D eigenvalue weighted by molar-refractivity contribution is 4.82. The molecule has 1 saturated carbocycles. The third-order valence-corrected chi connectivity index (χ3v) is 2.84. The van der Waals surface area contributed by atoms with E-state index in [-0.39, 0.29) is 0 Å². The maximum atomic E-state index is 2.52. The molecule has 0 spiro atoms. The Morgan fingerprint density at radius 1 is 1.21 bits per heavy atom. The summed E-state index contributed by atoms with van der Waals surface area (Å²) in [6.07, 6.45) is 6.84. The van der Waals surface area contributed by atoms with Crippen molar-refractivity contribution in [2.24, 2.45) is 5.92 Å². The molecule has 1 aliphatic carbocycles. The zero-order chi connectivity index (χ0) is 11.0. The fourth-order valence-electron chi connectivity index (χ4n) is 1.33. The van der Waals surface area contributed by atoms with Crippen molar-refractivity contribution in [2.75, 3.05) is 13.6 Å². The number of hydrogen-bond acceptors (Lipinski definition) is 1. The Balaban J connectivity index is 0.000000500. The molecule has 1 atom stereocenters. The molecule has 0 aromatic carbocycles. The van der Waals surface area contributed by atoms with Crippen molar-refractivity contribution in [1.82, 2.24) is 4.90 Å². The van der Waals surface area contributed by atoms with Crippen LogP contribution in [0.1, 0.15) is 59.8 Å². The van der Waals surface area contributed by atoms with Crippen LogP contribution >= 0.6 is 0 Å². The second kappa shape index (κ2) is 8.28. The first kappa shape index (κ1) is 14.0. The second-order valence-corrected chi connectivity index (χ2v) is 4.72. The average molecular weight is 199 g/mol. The van der Waals surface area contributed by atoms with Crippen molar-refractivity contribution >= 4 is 0 Å². The first-order valence-electron chi connectivity index (χ1n) is 6.35. The van der Waals surface area contributed by atoms with Crippen molar-refractivity contribution in [3.63, 3.8) is 0 Å². The fraction of sp³-hybridized carbons (Fsp3) is 1.00. The lowest BCUT2D eigenvalue weighted by Crippen LogP contribution is -2.23. The van der Waals surface area contributed by atoms with Crippen LogP contribution in [0.25, 0.3) is 0 Å². The van der Waals surface area contributed by atoms with Crippen molar-refractivity contribution in [2.45, 2.75) is 65.8 Å². The van der Waals surface area contributed by atoms with Gasteiger partial charge in [0.1, 0.15) is 0 Å². The summed E-state index contributed by atoms with van der Waals surface area (Å²) in [5.74, 6) is 0.913. The molecular weight excluding hydrogens is 170 g/mol. The first-order valence-corrected chi connectivity index (χ1v) is 6.35. The molecule has 1 heteroatoms. The maximum absolute atomic E-state index is 2.52. The molecule has 0 aromatic heterocycles. The minimum atomic E-state index is 0.913. The number of hydrogen-bond donors (Lipinski definition) is 0. The minimum Gasteiger partial charge on any atom is -0.303 e. The number of rotatable bonds is 5. The fourth-order valence-corrected chi connectivity index (χ4v) is 1.33. The normalized spacial score (nSPS) is 17.6. The van der Waals surface area contributed by atoms with Gasteiger partial charge >= 0.3 is 0 Å². The van der Waals surface area contributed by atoms with Gasteiger partial charge in [0, 0.05) is 6.04 Å². The molecule has 1 unspecified atom stereocenters. The van der Waals surface area contributed by atoms with Crippen molar-refractivity contribution in [1.29, 1.82) is 0 Å². The summed E-state index contributed by atoms with van der Waals surface area (Å²) in [5, 5.41) is 0. The van der Waals surface area contributed by atoms with Gasteiger partial charge in [0.15, 0.2) is 0 Å². The Kier molecular flexibility index (Phi) is 8.26. The third kappa shape index (κ3) is 7.37. The summed E-state index contributed by atoms with van der Waals surface area (Å²) in [5.41, 5.74) is 0. The quantitative estimate of drug-likeness (QED) is 0.648. The molecule has 1 fully saturated rings. The van der Waals surface area contributed by atoms with Crippen LogP contribution in [0.5, 0.6) is 0 Å². The van der Waals surface area contributed by atoms with Gasteiger partial charge in [-0.25, -0.2) is 0 Å². The SMILES string of the molecule is CCC.CCC(C)CCN(C)C1CC1. The second-order valence-electron chi connectivity index (χ2n) is 4.72. The van der Waals surface area contributed by atoms with Gasteiger partial charge in [-0.1, -0.05) is 40.5 Å². The zero-order valence-corrected chi connectivity index (χ0v) is 10.8. The van der Waals surface area contributed by atoms with Crippen molar-refractivity contribution in [3.8, 4) is 0 Å². The summed E-state index contributed by atoms with van der Waals surface area (Å²) in [6, 6.07) is 0.944. The molecular formula is C13H29N. The summed E-state index contributed by atoms with van der Waals surface area (Å²) >= 11 is 0. The first-order chi connectivity index (χ1) is 6.65. The van der Waals surface area contributed by atoms with E-state index in [0.29, 0.717) is 0 Å². The molecule has 0 N–H and O–H groups in total. The smallest absolute Gasteiger partial charge is 0.00933 e. The molecule has 0 aliphatic heterocycles. The topological polar surface area (TPSA) is 3.24 Å². The van der Waals surface area contributed by atoms with Gasteiger partial charge in [0.25, 0.3) is 0 Å². The molecule has 0 amide bonds. The van der Waals surface area contributed by atoms with Crippen LogP contribution in [0.3, 0.4) is 0 Å². The van der Waals surface area contributed by atoms with E-state index in [1.165, 1.54) is 38.6 Å². The monoisotopic (exact) mass is 199 g/mol. The Labute approximate surface area is 90.9 Å². The summed E-state index contributed by atoms with van der Waals surface area (Å²) in [6.45, 7) is 10.2. The van der Waals surface area contributed by atoms with E-state index in [4.69, 9.17) is 0 Å². The van der Waals surface area contributed by atoms with E-state index >= 15 is 0 Å². The van der Waals surface area contributed by atoms with Gasteiger partial charge in [-0.2, -0.15) is 0 Å². The van der Waals surface area contributed by atoms with Crippen LogP contribution < -0.4 is 0 Å². The van der Waals surface area contributed by atoms with Gasteiger partial charge in [-0.05, 0) is 38.8 Å². The van der Waals surface area contributed by atoms with Gasteiger partial charge in [0.2, 0.25) is 0 Å². The standard InChI is InChI=1S/C10H21N.C3H8/c1-4-9(2)7-8-11(3)10-5-6-10;1-3-2/h9-10H,4-8H2,1-3H3;3H2,1-2H3. The highest BCUT2D eigenvalue weighted by Crippen LogP contribution is 2.25. The van der Waals surface area contributed by atoms with E-state index in [0.717, 1.165) is 12.0 Å². The van der Waals surface area contributed by atoms with Crippen LogP contribution in [0.2, 0.25) is 0 Å². The Hall–Kier alpha value is -0.0400. The molecule has 86 valence electrons. The molecule has 0 aromatic rings. The molecule has 0 heterocycles. The van der Waals surface area contributed by atoms with E-state index in [2.05, 4.69) is 39.6 Å². The Morgan fingerprint density at radius 2 is 1.71 bits per heavy atom. The van der Waals surface area contributed by atoms with Crippen LogP contribution in [0, 0.1) is 5.92 Å². The van der Waals surface area contributed by atoms with Crippen molar-refractivity contribution in [3.05, 3.63) is 0 Å². The molecule has 0 radical (unpaired) electrons. The van der Waals surface area contributed by atoms with Crippen LogP contribution in [-0.2, 0) is 0 Å². The lowest BCUT2D eigenvalue weighted by Gasteiger charge is -2.17. The highest BCUT2D eigenvalue weighted by atomic mass is 15.1. The van der Waals surface area contributed by atoms with E-state index in [1.807, 2.05) is 0 Å². The minimum absolute atomic E-state index is 0.913. The van der Waals surface area contributed by atoms with E-state index in [1.54, 1.807) is 0 Å². The molecule has 0 bridgehead atoms. The summed E-state index contributed by atoms with van der Waals surface area (Å²) in [4.78, 5) is 2.52. The van der Waals surface area contributed by atoms with Gasteiger partial charge < -0.3 is 4.90 Å². The Bertz CT molecular complexity index is 118. The highest BCUT2D eigenvalue weighted by Gasteiger charge is 2.25. The summed E-state index contributed by atoms with van der Waals surface area (Å²) < 4.78 is 0. The summed E-state index contributed by atoms with van der Waals surface area (Å²) in [7, 11) is 2.26. The van der Waals surface area contributed by atoms with Gasteiger partial charge in [-0.3, -0.25) is 0 Å². The van der Waals surface area contributed by atoms with Gasteiger partial charge in [0.05, 0.1) is 0 Å². The molecule has 1 aliphatic rings. The molecule has 14 heavy (non-hydrogen) atoms. The molecule has 1 rings (SSSR count). The predicted molar refractivity (Wildman–Crippen MR) is 65.7 cm³/mol. The van der Waals surface area contributed by atoms with Crippen LogP contribution in [0.15, 0.2) is 0 Å². The average Bonchev–Trinajstić information content (AvgIpc) is 2.98. The van der Waals surface area contributed by atoms with Crippen LogP contribution in [0.4, 0.5) is 0 Å². The predicted octanol–water partition coefficient (Wildman–Crippen LogP) is 3.93. The Morgan fingerprint density at radius 3 is 2.07 bits per heavy atom. The van der Waals surface area contributed by atoms with Gasteiger partial charge in [-0.15, -0.1) is 0 Å². The van der Waals surface area contributed by atoms with E-state index in [9.17, 15) is 0 Å². The van der Waals surface area contributed by atoms with Crippen LogP contribution in [-0.4, -0.2) is 24.5 Å². The third-order valence-electron chi connectivity index (χ3n) is 2.84. The lowest BCUT2D eigenvalue weighted by atomic mass is 10.1. The van der Waals surface area contributed by atoms with E-state index < -0.39 is 0 Å². The number of nitrogens with zero attached hydrogens (tertiary/aromatic N) is 1.